The van der Waals surface area contributed by atoms with Gasteiger partial charge >= 0.3 is 0 Å². The third-order valence-electron chi connectivity index (χ3n) is 4.41. The summed E-state index contributed by atoms with van der Waals surface area (Å²) < 4.78 is 13.3. The van der Waals surface area contributed by atoms with Crippen LogP contribution in [-0.2, 0) is 14.5 Å². The Kier molecular flexibility index (Phi) is 3.22. The molecule has 2 aromatic carbocycles. The fraction of sp³-hybridized carbons (Fsp3) is 0.222. The standard InChI is InChI=1S/C18H15FN2O2S/c1-10-3-8-15-14(9-10)18(17(23)20-15)21(16(22)11(2)24-18)13-6-4-12(19)5-7-13/h3-9,11H,1-2H3,(H,20,23). The van der Waals surface area contributed by atoms with Crippen molar-refractivity contribution < 1.29 is 14.0 Å². The molecule has 0 saturated carbocycles. The third kappa shape index (κ3) is 1.92. The zero-order chi connectivity index (χ0) is 17.1. The van der Waals surface area contributed by atoms with Gasteiger partial charge in [0.05, 0.1) is 5.25 Å². The molecule has 1 saturated heterocycles. The molecule has 2 heterocycles. The molecule has 0 aliphatic carbocycles. The van der Waals surface area contributed by atoms with Gasteiger partial charge in [0.15, 0.2) is 0 Å². The average Bonchev–Trinajstić information content (AvgIpc) is 2.97. The molecule has 2 unspecified atom stereocenters. The Bertz CT molecular complexity index is 868. The van der Waals surface area contributed by atoms with Crippen LogP contribution < -0.4 is 10.2 Å². The van der Waals surface area contributed by atoms with Gasteiger partial charge < -0.3 is 5.32 Å². The second kappa shape index (κ2) is 5.08. The molecule has 4 nitrogen and oxygen atoms in total. The quantitative estimate of drug-likeness (QED) is 0.864. The summed E-state index contributed by atoms with van der Waals surface area (Å²) in [6, 6.07) is 11.4. The average molecular weight is 342 g/mol. The number of aryl methyl sites for hydroxylation is 1. The van der Waals surface area contributed by atoms with Crippen molar-refractivity contribution >= 4 is 35.0 Å². The maximum absolute atomic E-state index is 13.3. The Morgan fingerprint density at radius 1 is 1.17 bits per heavy atom. The number of nitrogens with zero attached hydrogens (tertiary/aromatic N) is 1. The van der Waals surface area contributed by atoms with Gasteiger partial charge in [0, 0.05) is 16.9 Å². The van der Waals surface area contributed by atoms with Crippen LogP contribution in [0, 0.1) is 12.7 Å². The molecule has 24 heavy (non-hydrogen) atoms. The maximum atomic E-state index is 13.3. The number of anilines is 2. The predicted molar refractivity (Wildman–Crippen MR) is 92.4 cm³/mol. The Labute approximate surface area is 143 Å². The molecular weight excluding hydrogens is 327 g/mol. The summed E-state index contributed by atoms with van der Waals surface area (Å²) in [6.07, 6.45) is 0. The number of halogens is 1. The van der Waals surface area contributed by atoms with Gasteiger partial charge in [-0.25, -0.2) is 4.39 Å². The lowest BCUT2D eigenvalue weighted by Gasteiger charge is -2.32. The van der Waals surface area contributed by atoms with E-state index in [0.29, 0.717) is 11.4 Å². The topological polar surface area (TPSA) is 49.4 Å². The van der Waals surface area contributed by atoms with Gasteiger partial charge in [-0.3, -0.25) is 14.5 Å². The van der Waals surface area contributed by atoms with Crippen LogP contribution >= 0.6 is 11.8 Å². The van der Waals surface area contributed by atoms with Gasteiger partial charge in [-0.2, -0.15) is 0 Å². The zero-order valence-electron chi connectivity index (χ0n) is 13.2. The van der Waals surface area contributed by atoms with Crippen LogP contribution in [0.4, 0.5) is 15.8 Å². The van der Waals surface area contributed by atoms with Gasteiger partial charge in [-0.1, -0.05) is 17.7 Å². The summed E-state index contributed by atoms with van der Waals surface area (Å²) in [5, 5.41) is 2.51. The first-order valence-corrected chi connectivity index (χ1v) is 8.51. The predicted octanol–water partition coefficient (Wildman–Crippen LogP) is 3.41. The van der Waals surface area contributed by atoms with E-state index in [4.69, 9.17) is 0 Å². The van der Waals surface area contributed by atoms with Crippen LogP contribution in [0.3, 0.4) is 0 Å². The highest BCUT2D eigenvalue weighted by molar-refractivity contribution is 8.03. The number of hydrogen-bond acceptors (Lipinski definition) is 3. The minimum atomic E-state index is -1.14. The van der Waals surface area contributed by atoms with E-state index in [1.807, 2.05) is 25.1 Å². The van der Waals surface area contributed by atoms with Crippen LogP contribution in [0.1, 0.15) is 18.1 Å². The minimum absolute atomic E-state index is 0.156. The van der Waals surface area contributed by atoms with Crippen molar-refractivity contribution in [2.24, 2.45) is 0 Å². The molecule has 2 atom stereocenters. The summed E-state index contributed by atoms with van der Waals surface area (Å²) in [5.41, 5.74) is 3.02. The SMILES string of the molecule is Cc1ccc2c(c1)C1(SC(C)C(=O)N1c1ccc(F)cc1)C(=O)N2. The summed E-state index contributed by atoms with van der Waals surface area (Å²) in [6.45, 7) is 3.74. The Morgan fingerprint density at radius 3 is 2.58 bits per heavy atom. The third-order valence-corrected chi connectivity index (χ3v) is 5.90. The molecule has 122 valence electrons. The Morgan fingerprint density at radius 2 is 1.88 bits per heavy atom. The fourth-order valence-corrected chi connectivity index (χ4v) is 4.78. The van der Waals surface area contributed by atoms with Gasteiger partial charge in [0.25, 0.3) is 5.91 Å². The van der Waals surface area contributed by atoms with Crippen LogP contribution in [-0.4, -0.2) is 17.1 Å². The van der Waals surface area contributed by atoms with E-state index < -0.39 is 4.87 Å². The van der Waals surface area contributed by atoms with Crippen LogP contribution in [0.25, 0.3) is 0 Å². The van der Waals surface area contributed by atoms with Gasteiger partial charge in [-0.05, 0) is 44.2 Å². The number of hydrogen-bond donors (Lipinski definition) is 1. The number of nitrogens with one attached hydrogen (secondary N) is 1. The molecule has 0 aromatic heterocycles. The number of thioether (sulfide) groups is 1. The van der Waals surface area contributed by atoms with Crippen LogP contribution in [0.15, 0.2) is 42.5 Å². The first-order chi connectivity index (χ1) is 11.4. The van der Waals surface area contributed by atoms with E-state index in [-0.39, 0.29) is 22.9 Å². The maximum Gasteiger partial charge on any atom is 0.266 e. The lowest BCUT2D eigenvalue weighted by molar-refractivity contribution is -0.122. The fourth-order valence-electron chi connectivity index (χ4n) is 3.31. The number of carbonyl (C=O) groups excluding carboxylic acids is 2. The summed E-state index contributed by atoms with van der Waals surface area (Å²) in [7, 11) is 0. The molecule has 1 fully saturated rings. The molecule has 1 N–H and O–H groups in total. The van der Waals surface area contributed by atoms with Crippen molar-refractivity contribution in [3.63, 3.8) is 0 Å². The number of amides is 2. The van der Waals surface area contributed by atoms with Crippen molar-refractivity contribution in [1.29, 1.82) is 0 Å². The Balaban J connectivity index is 1.95. The molecule has 1 spiro atoms. The highest BCUT2D eigenvalue weighted by atomic mass is 32.2. The molecule has 0 radical (unpaired) electrons. The highest BCUT2D eigenvalue weighted by Crippen LogP contribution is 2.56. The van der Waals surface area contributed by atoms with E-state index in [1.165, 1.54) is 40.9 Å². The van der Waals surface area contributed by atoms with E-state index in [0.717, 1.165) is 11.1 Å². The number of benzene rings is 2. The van der Waals surface area contributed by atoms with Crippen molar-refractivity contribution in [3.05, 3.63) is 59.4 Å². The van der Waals surface area contributed by atoms with Crippen molar-refractivity contribution in [3.8, 4) is 0 Å². The summed E-state index contributed by atoms with van der Waals surface area (Å²) >= 11 is 1.32. The summed E-state index contributed by atoms with van der Waals surface area (Å²) in [4.78, 5) is 26.1. The first kappa shape index (κ1) is 15.2. The van der Waals surface area contributed by atoms with Crippen molar-refractivity contribution in [2.45, 2.75) is 24.0 Å². The minimum Gasteiger partial charge on any atom is -0.323 e. The van der Waals surface area contributed by atoms with Gasteiger partial charge in [0.1, 0.15) is 5.82 Å². The molecule has 2 aliphatic rings. The molecule has 2 amide bonds. The second-order valence-corrected chi connectivity index (χ2v) is 7.59. The Hall–Kier alpha value is -2.34. The molecule has 6 heteroatoms. The van der Waals surface area contributed by atoms with E-state index in [9.17, 15) is 14.0 Å². The van der Waals surface area contributed by atoms with Crippen molar-refractivity contribution in [1.82, 2.24) is 0 Å². The largest absolute Gasteiger partial charge is 0.323 e. The summed E-state index contributed by atoms with van der Waals surface area (Å²) in [5.74, 6) is -0.779. The monoisotopic (exact) mass is 342 g/mol. The number of rotatable bonds is 1. The molecule has 2 aromatic rings. The van der Waals surface area contributed by atoms with E-state index in [1.54, 1.807) is 6.92 Å². The first-order valence-electron chi connectivity index (χ1n) is 7.63. The lowest BCUT2D eigenvalue weighted by Crippen LogP contribution is -2.47. The smallest absolute Gasteiger partial charge is 0.266 e. The van der Waals surface area contributed by atoms with Gasteiger partial charge in [0.2, 0.25) is 10.8 Å². The highest BCUT2D eigenvalue weighted by Gasteiger charge is 2.60. The normalized spacial score (nSPS) is 25.3. The number of fused-ring (bicyclic) bond motifs is 2. The van der Waals surface area contributed by atoms with Crippen LogP contribution in [0.5, 0.6) is 0 Å². The van der Waals surface area contributed by atoms with E-state index >= 15 is 0 Å². The second-order valence-electron chi connectivity index (χ2n) is 6.06. The molecular formula is C18H15FN2O2S. The molecule has 2 aliphatic heterocycles. The van der Waals surface area contributed by atoms with Crippen molar-refractivity contribution in [2.75, 3.05) is 10.2 Å². The lowest BCUT2D eigenvalue weighted by atomic mass is 10.0. The van der Waals surface area contributed by atoms with Gasteiger partial charge in [-0.15, -0.1) is 11.8 Å². The van der Waals surface area contributed by atoms with Crippen LogP contribution in [0.2, 0.25) is 0 Å². The molecule has 4 rings (SSSR count). The number of carbonyl (C=O) groups is 2. The van der Waals surface area contributed by atoms with E-state index in [2.05, 4.69) is 5.32 Å². The molecule has 0 bridgehead atoms. The zero-order valence-corrected chi connectivity index (χ0v) is 14.0.